The van der Waals surface area contributed by atoms with E-state index in [1.165, 1.54) is 18.4 Å². The zero-order valence-corrected chi connectivity index (χ0v) is 16.4. The van der Waals surface area contributed by atoms with E-state index < -0.39 is 6.10 Å². The first-order valence-corrected chi connectivity index (χ1v) is 9.82. The first-order chi connectivity index (χ1) is 13.2. The van der Waals surface area contributed by atoms with Gasteiger partial charge in [0.2, 0.25) is 0 Å². The van der Waals surface area contributed by atoms with Gasteiger partial charge in [-0.3, -0.25) is 4.90 Å². The van der Waals surface area contributed by atoms with Gasteiger partial charge in [0.1, 0.15) is 5.75 Å². The number of benzene rings is 2. The molecule has 0 radical (unpaired) electrons. The van der Waals surface area contributed by atoms with Crippen LogP contribution in [0.2, 0.25) is 0 Å². The van der Waals surface area contributed by atoms with Crippen molar-refractivity contribution in [3.8, 4) is 5.75 Å². The molecule has 1 N–H and O–H groups in total. The first-order valence-electron chi connectivity index (χ1n) is 9.82. The predicted octanol–water partition coefficient (Wildman–Crippen LogP) is 3.87. The Bertz CT molecular complexity index is 670. The van der Waals surface area contributed by atoms with Gasteiger partial charge in [-0.15, -0.1) is 0 Å². The molecule has 0 amide bonds. The van der Waals surface area contributed by atoms with Crippen molar-refractivity contribution in [3.05, 3.63) is 65.7 Å². The number of methoxy groups -OCH3 is 1. The van der Waals surface area contributed by atoms with E-state index in [0.717, 1.165) is 23.8 Å². The Hall–Kier alpha value is -1.88. The normalized spacial score (nSPS) is 16.3. The Morgan fingerprint density at radius 3 is 2.37 bits per heavy atom. The summed E-state index contributed by atoms with van der Waals surface area (Å²) >= 11 is 0. The lowest BCUT2D eigenvalue weighted by Crippen LogP contribution is -2.41. The van der Waals surface area contributed by atoms with Crippen LogP contribution in [0, 0.1) is 5.92 Å². The minimum atomic E-state index is -0.492. The quantitative estimate of drug-likeness (QED) is 0.653. The Labute approximate surface area is 162 Å². The van der Waals surface area contributed by atoms with E-state index in [9.17, 15) is 5.11 Å². The third-order valence-corrected chi connectivity index (χ3v) is 5.29. The van der Waals surface area contributed by atoms with E-state index >= 15 is 0 Å². The first kappa shape index (κ1) is 19.9. The van der Waals surface area contributed by atoms with Gasteiger partial charge in [0.05, 0.1) is 26.4 Å². The highest BCUT2D eigenvalue weighted by Gasteiger charge is 2.32. The lowest BCUT2D eigenvalue weighted by Gasteiger charge is -2.31. The standard InChI is InChI=1S/C23H31NO3/c1-18(21-10-11-21)24(14-19-6-4-3-5-7-19)15-22(25)17-27-16-20-8-12-23(26-2)13-9-20/h3-9,12-13,18,21-22,25H,10-11,14-17H2,1-2H3/t18-,22-/m0/s1. The maximum Gasteiger partial charge on any atom is 0.118 e. The minimum Gasteiger partial charge on any atom is -0.497 e. The molecule has 2 aromatic carbocycles. The van der Waals surface area contributed by atoms with Crippen molar-refractivity contribution in [2.24, 2.45) is 5.92 Å². The predicted molar refractivity (Wildman–Crippen MR) is 108 cm³/mol. The van der Waals surface area contributed by atoms with Crippen molar-refractivity contribution in [2.45, 2.75) is 45.1 Å². The van der Waals surface area contributed by atoms with Crippen LogP contribution >= 0.6 is 0 Å². The van der Waals surface area contributed by atoms with Crippen molar-refractivity contribution >= 4 is 0 Å². The summed E-state index contributed by atoms with van der Waals surface area (Å²) < 4.78 is 10.9. The van der Waals surface area contributed by atoms with Crippen LogP contribution in [0.25, 0.3) is 0 Å². The number of rotatable bonds is 11. The summed E-state index contributed by atoms with van der Waals surface area (Å²) in [5.74, 6) is 1.60. The number of aliphatic hydroxyl groups excluding tert-OH is 1. The molecule has 0 heterocycles. The van der Waals surface area contributed by atoms with E-state index in [-0.39, 0.29) is 0 Å². The van der Waals surface area contributed by atoms with Gasteiger partial charge in [0.15, 0.2) is 0 Å². The largest absolute Gasteiger partial charge is 0.497 e. The third kappa shape index (κ3) is 6.35. The molecule has 0 unspecified atom stereocenters. The average molecular weight is 370 g/mol. The fraction of sp³-hybridized carbons (Fsp3) is 0.478. The molecule has 146 valence electrons. The van der Waals surface area contributed by atoms with Crippen LogP contribution in [0.4, 0.5) is 0 Å². The highest BCUT2D eigenvalue weighted by atomic mass is 16.5. The number of ether oxygens (including phenoxy) is 2. The third-order valence-electron chi connectivity index (χ3n) is 5.29. The number of hydrogen-bond donors (Lipinski definition) is 1. The van der Waals surface area contributed by atoms with Gasteiger partial charge >= 0.3 is 0 Å². The van der Waals surface area contributed by atoms with Crippen LogP contribution in [-0.4, -0.2) is 42.4 Å². The molecule has 3 rings (SSSR count). The van der Waals surface area contributed by atoms with Crippen LogP contribution in [0.15, 0.2) is 54.6 Å². The van der Waals surface area contributed by atoms with Crippen molar-refractivity contribution in [2.75, 3.05) is 20.3 Å². The molecule has 2 atom stereocenters. The van der Waals surface area contributed by atoms with Crippen molar-refractivity contribution in [1.82, 2.24) is 4.90 Å². The van der Waals surface area contributed by atoms with E-state index in [1.54, 1.807) is 7.11 Å². The molecule has 1 aliphatic carbocycles. The summed E-state index contributed by atoms with van der Waals surface area (Å²) in [7, 11) is 1.66. The van der Waals surface area contributed by atoms with E-state index in [0.29, 0.717) is 25.8 Å². The maximum atomic E-state index is 10.5. The van der Waals surface area contributed by atoms with Gasteiger partial charge in [-0.05, 0) is 48.9 Å². The molecule has 1 aliphatic rings. The van der Waals surface area contributed by atoms with Crippen LogP contribution in [-0.2, 0) is 17.9 Å². The summed E-state index contributed by atoms with van der Waals surface area (Å²) in [4.78, 5) is 2.40. The fourth-order valence-electron chi connectivity index (χ4n) is 3.43. The molecule has 0 saturated heterocycles. The Kier molecular flexibility index (Phi) is 7.27. The van der Waals surface area contributed by atoms with Crippen molar-refractivity contribution in [1.29, 1.82) is 0 Å². The van der Waals surface area contributed by atoms with Crippen molar-refractivity contribution < 1.29 is 14.6 Å². The number of nitrogens with zero attached hydrogens (tertiary/aromatic N) is 1. The molecule has 0 spiro atoms. The smallest absolute Gasteiger partial charge is 0.118 e. The minimum absolute atomic E-state index is 0.342. The average Bonchev–Trinajstić information content (AvgIpc) is 3.53. The summed E-state index contributed by atoms with van der Waals surface area (Å²) in [6.45, 7) is 4.63. The lowest BCUT2D eigenvalue weighted by atomic mass is 10.1. The van der Waals surface area contributed by atoms with Crippen LogP contribution in [0.3, 0.4) is 0 Å². The summed E-state index contributed by atoms with van der Waals surface area (Å²) in [6.07, 6.45) is 2.11. The summed E-state index contributed by atoms with van der Waals surface area (Å²) in [6, 6.07) is 18.8. The Balaban J connectivity index is 1.48. The SMILES string of the molecule is COc1ccc(COC[C@@H](O)CN(Cc2ccccc2)[C@@H](C)C2CC2)cc1. The van der Waals surface area contributed by atoms with Gasteiger partial charge < -0.3 is 14.6 Å². The molecular weight excluding hydrogens is 338 g/mol. The van der Waals surface area contributed by atoms with Crippen molar-refractivity contribution in [3.63, 3.8) is 0 Å². The van der Waals surface area contributed by atoms with Gasteiger partial charge in [0, 0.05) is 19.1 Å². The molecular formula is C23H31NO3. The zero-order chi connectivity index (χ0) is 19.1. The van der Waals surface area contributed by atoms with Crippen LogP contribution in [0.5, 0.6) is 5.75 Å². The van der Waals surface area contributed by atoms with E-state index in [2.05, 4.69) is 36.1 Å². The lowest BCUT2D eigenvalue weighted by molar-refractivity contribution is -0.000131. The van der Waals surface area contributed by atoms with E-state index in [1.807, 2.05) is 30.3 Å². The monoisotopic (exact) mass is 369 g/mol. The Morgan fingerprint density at radius 2 is 1.74 bits per heavy atom. The second kappa shape index (κ2) is 9.88. The fourth-order valence-corrected chi connectivity index (χ4v) is 3.43. The summed E-state index contributed by atoms with van der Waals surface area (Å²) in [5, 5.41) is 10.5. The zero-order valence-electron chi connectivity index (χ0n) is 16.4. The topological polar surface area (TPSA) is 41.9 Å². The molecule has 4 heteroatoms. The molecule has 0 aliphatic heterocycles. The van der Waals surface area contributed by atoms with Crippen LogP contribution in [0.1, 0.15) is 30.9 Å². The molecule has 1 saturated carbocycles. The maximum absolute atomic E-state index is 10.5. The highest BCUT2D eigenvalue weighted by molar-refractivity contribution is 5.26. The second-order valence-corrected chi connectivity index (χ2v) is 7.51. The number of hydrogen-bond acceptors (Lipinski definition) is 4. The van der Waals surface area contributed by atoms with Gasteiger partial charge in [-0.2, -0.15) is 0 Å². The van der Waals surface area contributed by atoms with E-state index in [4.69, 9.17) is 9.47 Å². The molecule has 1 fully saturated rings. The van der Waals surface area contributed by atoms with Gasteiger partial charge in [0.25, 0.3) is 0 Å². The molecule has 0 aromatic heterocycles. The van der Waals surface area contributed by atoms with Gasteiger partial charge in [-0.25, -0.2) is 0 Å². The number of aliphatic hydroxyl groups is 1. The molecule has 4 nitrogen and oxygen atoms in total. The highest BCUT2D eigenvalue weighted by Crippen LogP contribution is 2.35. The second-order valence-electron chi connectivity index (χ2n) is 7.51. The summed E-state index contributed by atoms with van der Waals surface area (Å²) in [5.41, 5.74) is 2.37. The Morgan fingerprint density at radius 1 is 1.04 bits per heavy atom. The molecule has 2 aromatic rings. The van der Waals surface area contributed by atoms with Crippen LogP contribution < -0.4 is 4.74 Å². The molecule has 27 heavy (non-hydrogen) atoms. The van der Waals surface area contributed by atoms with Gasteiger partial charge in [-0.1, -0.05) is 42.5 Å². The molecule has 0 bridgehead atoms.